The van der Waals surface area contributed by atoms with Crippen molar-refractivity contribution in [3.05, 3.63) is 30.5 Å². The normalized spacial score (nSPS) is 23.0. The number of rotatable bonds is 5. The number of H-pyrrole nitrogens is 1. The Morgan fingerprint density at radius 1 is 1.38 bits per heavy atom. The van der Waals surface area contributed by atoms with Crippen molar-refractivity contribution >= 4 is 17.7 Å². The number of fused-ring (bicyclic) bond motifs is 1. The monoisotopic (exact) mass is 355 g/mol. The number of anilines is 2. The smallest absolute Gasteiger partial charge is 0.227 e. The number of carbonyl (C=O) groups excluding carboxylic acids is 1. The fourth-order valence-electron chi connectivity index (χ4n) is 4.13. The van der Waals surface area contributed by atoms with E-state index in [-0.39, 0.29) is 5.91 Å². The minimum Gasteiger partial charge on any atom is -0.373 e. The Labute approximate surface area is 153 Å². The topological polar surface area (TPSA) is 90.0 Å². The predicted octanol–water partition coefficient (Wildman–Crippen LogP) is 1.30. The van der Waals surface area contributed by atoms with E-state index in [0.29, 0.717) is 18.4 Å². The second kappa shape index (κ2) is 7.31. The van der Waals surface area contributed by atoms with E-state index in [1.807, 2.05) is 19.3 Å². The van der Waals surface area contributed by atoms with E-state index < -0.39 is 0 Å². The lowest BCUT2D eigenvalue weighted by atomic mass is 9.83. The van der Waals surface area contributed by atoms with Crippen LogP contribution in [0.3, 0.4) is 0 Å². The van der Waals surface area contributed by atoms with E-state index >= 15 is 0 Å². The molecule has 0 radical (unpaired) electrons. The number of amides is 1. The van der Waals surface area contributed by atoms with Crippen molar-refractivity contribution in [2.24, 2.45) is 5.92 Å². The molecule has 0 aromatic carbocycles. The molecule has 2 fully saturated rings. The number of hydrogen-bond acceptors (Lipinski definition) is 6. The highest BCUT2D eigenvalue weighted by Crippen LogP contribution is 2.32. The molecule has 0 spiro atoms. The zero-order valence-electron chi connectivity index (χ0n) is 15.1. The molecule has 2 aliphatic rings. The van der Waals surface area contributed by atoms with Crippen molar-refractivity contribution in [2.45, 2.75) is 31.7 Å². The molecular weight excluding hydrogens is 330 g/mol. The molecule has 0 saturated carbocycles. The maximum atomic E-state index is 12.5. The molecule has 2 atom stereocenters. The van der Waals surface area contributed by atoms with Crippen LogP contribution in [0.4, 0.5) is 11.8 Å². The van der Waals surface area contributed by atoms with Gasteiger partial charge in [0.05, 0.1) is 6.33 Å². The van der Waals surface area contributed by atoms with Gasteiger partial charge in [0, 0.05) is 63.7 Å². The van der Waals surface area contributed by atoms with Crippen molar-refractivity contribution in [1.29, 1.82) is 0 Å². The van der Waals surface area contributed by atoms with E-state index in [1.165, 1.54) is 0 Å². The lowest BCUT2D eigenvalue weighted by Crippen LogP contribution is -2.56. The van der Waals surface area contributed by atoms with Gasteiger partial charge in [0.15, 0.2) is 0 Å². The summed E-state index contributed by atoms with van der Waals surface area (Å²) in [5.74, 6) is 2.37. The molecule has 2 aliphatic heterocycles. The third-order valence-electron chi connectivity index (χ3n) is 5.50. The first kappa shape index (κ1) is 16.8. The Bertz CT molecular complexity index is 748. The van der Waals surface area contributed by atoms with Gasteiger partial charge in [-0.2, -0.15) is 4.98 Å². The molecular formula is C18H25N7O. The van der Waals surface area contributed by atoms with Crippen LogP contribution < -0.4 is 10.2 Å². The Kier molecular flexibility index (Phi) is 4.73. The summed E-state index contributed by atoms with van der Waals surface area (Å²) in [6.07, 6.45) is 8.69. The summed E-state index contributed by atoms with van der Waals surface area (Å²) in [6, 6.07) is 2.19. The fourth-order valence-corrected chi connectivity index (χ4v) is 4.13. The first-order valence-electron chi connectivity index (χ1n) is 9.27. The van der Waals surface area contributed by atoms with Crippen LogP contribution in [0.25, 0.3) is 0 Å². The first-order valence-corrected chi connectivity index (χ1v) is 9.27. The molecule has 0 aliphatic carbocycles. The number of hydrogen-bond donors (Lipinski definition) is 2. The zero-order valence-corrected chi connectivity index (χ0v) is 15.1. The standard InChI is InChI=1S/C18H25N7O/c1-19-16-4-7-21-18(23-16)24-8-6-15-13(11-24)2-3-17(26)25(15)9-5-14-10-20-12-22-14/h4,7,10,12-13,15H,2-3,5-6,8-9,11H2,1H3,(H,20,22)(H,19,21,23). The second-order valence-corrected chi connectivity index (χ2v) is 7.01. The van der Waals surface area contributed by atoms with Gasteiger partial charge < -0.3 is 20.1 Å². The molecule has 1 amide bonds. The summed E-state index contributed by atoms with van der Waals surface area (Å²) in [7, 11) is 1.86. The van der Waals surface area contributed by atoms with Gasteiger partial charge in [0.1, 0.15) is 5.82 Å². The SMILES string of the molecule is CNc1ccnc(N2CCC3C(CCC(=O)N3CCc3cnc[nH]3)C2)n1. The average molecular weight is 355 g/mol. The van der Waals surface area contributed by atoms with Crippen molar-refractivity contribution in [2.75, 3.05) is 36.9 Å². The van der Waals surface area contributed by atoms with E-state index in [2.05, 4.69) is 35.1 Å². The summed E-state index contributed by atoms with van der Waals surface area (Å²) in [5, 5.41) is 3.07. The predicted molar refractivity (Wildman–Crippen MR) is 98.9 cm³/mol. The number of nitrogens with zero attached hydrogens (tertiary/aromatic N) is 5. The summed E-state index contributed by atoms with van der Waals surface area (Å²) >= 11 is 0. The largest absolute Gasteiger partial charge is 0.373 e. The number of carbonyl (C=O) groups is 1. The number of aromatic amines is 1. The molecule has 4 rings (SSSR count). The molecule has 2 aromatic rings. The van der Waals surface area contributed by atoms with Gasteiger partial charge in [-0.1, -0.05) is 0 Å². The van der Waals surface area contributed by atoms with Crippen LogP contribution in [-0.2, 0) is 11.2 Å². The van der Waals surface area contributed by atoms with Gasteiger partial charge in [0.25, 0.3) is 0 Å². The lowest BCUT2D eigenvalue weighted by molar-refractivity contribution is -0.139. The number of imidazole rings is 1. The number of likely N-dealkylation sites (tertiary alicyclic amines) is 1. The van der Waals surface area contributed by atoms with Crippen LogP contribution in [0.15, 0.2) is 24.8 Å². The minimum atomic E-state index is 0.285. The van der Waals surface area contributed by atoms with Gasteiger partial charge in [-0.05, 0) is 24.8 Å². The summed E-state index contributed by atoms with van der Waals surface area (Å²) in [6.45, 7) is 2.54. The van der Waals surface area contributed by atoms with Gasteiger partial charge in [-0.25, -0.2) is 9.97 Å². The molecule has 2 unspecified atom stereocenters. The van der Waals surface area contributed by atoms with Gasteiger partial charge in [-0.15, -0.1) is 0 Å². The molecule has 138 valence electrons. The van der Waals surface area contributed by atoms with Crippen molar-refractivity contribution in [3.63, 3.8) is 0 Å². The summed E-state index contributed by atoms with van der Waals surface area (Å²) < 4.78 is 0. The maximum Gasteiger partial charge on any atom is 0.227 e. The molecule has 8 heteroatoms. The first-order chi connectivity index (χ1) is 12.7. The molecule has 4 heterocycles. The Hall–Kier alpha value is -2.64. The molecule has 2 aromatic heterocycles. The van der Waals surface area contributed by atoms with Crippen LogP contribution in [-0.4, -0.2) is 63.5 Å². The van der Waals surface area contributed by atoms with E-state index in [4.69, 9.17) is 0 Å². The maximum absolute atomic E-state index is 12.5. The molecule has 8 nitrogen and oxygen atoms in total. The summed E-state index contributed by atoms with van der Waals surface area (Å²) in [4.78, 5) is 33.0. The number of aromatic nitrogens is 4. The third kappa shape index (κ3) is 3.36. The van der Waals surface area contributed by atoms with E-state index in [0.717, 1.165) is 56.4 Å². The van der Waals surface area contributed by atoms with Gasteiger partial charge >= 0.3 is 0 Å². The van der Waals surface area contributed by atoms with Crippen molar-refractivity contribution < 1.29 is 4.79 Å². The molecule has 2 N–H and O–H groups in total. The highest BCUT2D eigenvalue weighted by atomic mass is 16.2. The van der Waals surface area contributed by atoms with Crippen LogP contribution >= 0.6 is 0 Å². The minimum absolute atomic E-state index is 0.285. The van der Waals surface area contributed by atoms with Gasteiger partial charge in [-0.3, -0.25) is 4.79 Å². The Morgan fingerprint density at radius 3 is 3.12 bits per heavy atom. The Balaban J connectivity index is 1.43. The third-order valence-corrected chi connectivity index (χ3v) is 5.50. The zero-order chi connectivity index (χ0) is 17.9. The average Bonchev–Trinajstić information content (AvgIpc) is 3.20. The van der Waals surface area contributed by atoms with Crippen LogP contribution in [0, 0.1) is 5.92 Å². The van der Waals surface area contributed by atoms with Gasteiger partial charge in [0.2, 0.25) is 11.9 Å². The van der Waals surface area contributed by atoms with Crippen LogP contribution in [0.2, 0.25) is 0 Å². The molecule has 2 saturated heterocycles. The highest BCUT2D eigenvalue weighted by Gasteiger charge is 2.39. The van der Waals surface area contributed by atoms with E-state index in [9.17, 15) is 4.79 Å². The van der Waals surface area contributed by atoms with Crippen molar-refractivity contribution in [1.82, 2.24) is 24.8 Å². The van der Waals surface area contributed by atoms with E-state index in [1.54, 1.807) is 12.5 Å². The number of nitrogens with one attached hydrogen (secondary N) is 2. The van der Waals surface area contributed by atoms with Crippen LogP contribution in [0.1, 0.15) is 25.0 Å². The van der Waals surface area contributed by atoms with Crippen molar-refractivity contribution in [3.8, 4) is 0 Å². The quantitative estimate of drug-likeness (QED) is 0.840. The molecule has 26 heavy (non-hydrogen) atoms. The van der Waals surface area contributed by atoms with Crippen LogP contribution in [0.5, 0.6) is 0 Å². The summed E-state index contributed by atoms with van der Waals surface area (Å²) in [5.41, 5.74) is 1.08. The second-order valence-electron chi connectivity index (χ2n) is 7.01. The number of piperidine rings is 2. The fraction of sp³-hybridized carbons (Fsp3) is 0.556. The molecule has 0 bridgehead atoms. The lowest BCUT2D eigenvalue weighted by Gasteiger charge is -2.47. The highest BCUT2D eigenvalue weighted by molar-refractivity contribution is 5.77. The Morgan fingerprint density at radius 2 is 2.31 bits per heavy atom.